The molecular formula is C18H22FN5. The minimum atomic E-state index is -0.262. The van der Waals surface area contributed by atoms with Gasteiger partial charge in [0.2, 0.25) is 0 Å². The van der Waals surface area contributed by atoms with Crippen molar-refractivity contribution in [1.82, 2.24) is 9.47 Å². The smallest absolute Gasteiger partial charge is 0.133 e. The van der Waals surface area contributed by atoms with Crippen molar-refractivity contribution >= 4 is 11.5 Å². The van der Waals surface area contributed by atoms with E-state index in [2.05, 4.69) is 22.8 Å². The molecule has 2 aromatic rings. The minimum Gasteiger partial charge on any atom is -0.396 e. The summed E-state index contributed by atoms with van der Waals surface area (Å²) in [6.45, 7) is 7.45. The van der Waals surface area contributed by atoms with Crippen LogP contribution in [0.2, 0.25) is 0 Å². The van der Waals surface area contributed by atoms with Crippen molar-refractivity contribution in [3.63, 3.8) is 0 Å². The predicted octanol–water partition coefficient (Wildman–Crippen LogP) is 2.27. The average molecular weight is 327 g/mol. The molecule has 0 saturated carbocycles. The molecule has 0 spiro atoms. The summed E-state index contributed by atoms with van der Waals surface area (Å²) in [6, 6.07) is 10.3. The molecule has 1 saturated heterocycles. The molecule has 1 aliphatic rings. The minimum absolute atomic E-state index is 0.262. The Morgan fingerprint density at radius 1 is 1.17 bits per heavy atom. The summed E-state index contributed by atoms with van der Waals surface area (Å²) < 4.78 is 15.1. The summed E-state index contributed by atoms with van der Waals surface area (Å²) in [6.07, 6.45) is 0. The quantitative estimate of drug-likeness (QED) is 0.936. The highest BCUT2D eigenvalue weighted by molar-refractivity contribution is 5.68. The van der Waals surface area contributed by atoms with Gasteiger partial charge in [0.15, 0.2) is 0 Å². The van der Waals surface area contributed by atoms with E-state index in [9.17, 15) is 9.65 Å². The van der Waals surface area contributed by atoms with Crippen LogP contribution in [0.4, 0.5) is 15.9 Å². The first-order valence-electron chi connectivity index (χ1n) is 8.23. The number of hydrogen-bond donors (Lipinski definition) is 1. The molecule has 1 fully saturated rings. The van der Waals surface area contributed by atoms with Crippen molar-refractivity contribution < 1.29 is 4.39 Å². The molecule has 6 heteroatoms. The lowest BCUT2D eigenvalue weighted by Gasteiger charge is -2.36. The molecule has 2 N–H and O–H groups in total. The Morgan fingerprint density at radius 2 is 1.83 bits per heavy atom. The fourth-order valence-electron chi connectivity index (χ4n) is 3.21. The van der Waals surface area contributed by atoms with E-state index in [4.69, 9.17) is 5.73 Å². The van der Waals surface area contributed by atoms with Crippen LogP contribution in [0.3, 0.4) is 0 Å². The zero-order valence-corrected chi connectivity index (χ0v) is 13.9. The maximum atomic E-state index is 13.1. The van der Waals surface area contributed by atoms with Gasteiger partial charge < -0.3 is 20.1 Å². The van der Waals surface area contributed by atoms with Crippen molar-refractivity contribution in [2.75, 3.05) is 43.4 Å². The number of halogens is 1. The van der Waals surface area contributed by atoms with Crippen LogP contribution in [0.15, 0.2) is 30.3 Å². The first-order valence-corrected chi connectivity index (χ1v) is 8.23. The van der Waals surface area contributed by atoms with Gasteiger partial charge in [-0.3, -0.25) is 0 Å². The normalized spacial score (nSPS) is 15.5. The van der Waals surface area contributed by atoms with Gasteiger partial charge in [0, 0.05) is 26.2 Å². The molecule has 2 heterocycles. The number of benzene rings is 1. The number of likely N-dealkylation sites (N-methyl/N-ethyl adjacent to an activating group) is 1. The molecule has 126 valence electrons. The molecule has 0 radical (unpaired) electrons. The van der Waals surface area contributed by atoms with E-state index in [1.54, 1.807) is 18.2 Å². The highest BCUT2D eigenvalue weighted by Gasteiger charge is 2.23. The summed E-state index contributed by atoms with van der Waals surface area (Å²) >= 11 is 0. The highest BCUT2D eigenvalue weighted by atomic mass is 19.1. The summed E-state index contributed by atoms with van der Waals surface area (Å²) in [5, 5.41) is 9.44. The topological polar surface area (TPSA) is 61.2 Å². The van der Waals surface area contributed by atoms with Crippen molar-refractivity contribution in [2.24, 2.45) is 0 Å². The van der Waals surface area contributed by atoms with Crippen molar-refractivity contribution in [1.29, 1.82) is 5.26 Å². The molecule has 0 amide bonds. The third-order valence-electron chi connectivity index (χ3n) is 4.58. The number of hydrogen-bond acceptors (Lipinski definition) is 4. The zero-order chi connectivity index (χ0) is 17.1. The van der Waals surface area contributed by atoms with Gasteiger partial charge in [0.05, 0.1) is 12.2 Å². The number of nitrogen functional groups attached to an aromatic ring is 1. The lowest BCUT2D eigenvalue weighted by molar-refractivity contribution is 0.270. The maximum absolute atomic E-state index is 13.1. The predicted molar refractivity (Wildman–Crippen MR) is 93.4 cm³/mol. The number of nitrogens with zero attached hydrogens (tertiary/aromatic N) is 4. The van der Waals surface area contributed by atoms with Crippen LogP contribution in [0, 0.1) is 17.1 Å². The van der Waals surface area contributed by atoms with Crippen molar-refractivity contribution in [3.05, 3.63) is 47.4 Å². The van der Waals surface area contributed by atoms with Gasteiger partial charge in [-0.1, -0.05) is 19.1 Å². The molecule has 3 rings (SSSR count). The van der Waals surface area contributed by atoms with Gasteiger partial charge in [-0.2, -0.15) is 5.26 Å². The summed E-state index contributed by atoms with van der Waals surface area (Å²) in [7, 11) is 0. The van der Waals surface area contributed by atoms with Crippen LogP contribution < -0.4 is 10.6 Å². The molecule has 5 nitrogen and oxygen atoms in total. The van der Waals surface area contributed by atoms with E-state index in [1.165, 1.54) is 12.1 Å². The Hall–Kier alpha value is -2.52. The van der Waals surface area contributed by atoms with Gasteiger partial charge >= 0.3 is 0 Å². The number of aromatic nitrogens is 1. The molecule has 0 atom stereocenters. The summed E-state index contributed by atoms with van der Waals surface area (Å²) in [4.78, 5) is 4.64. The van der Waals surface area contributed by atoms with Crippen LogP contribution in [-0.4, -0.2) is 42.2 Å². The number of piperazine rings is 1. The van der Waals surface area contributed by atoms with Gasteiger partial charge in [-0.05, 0) is 30.3 Å². The Morgan fingerprint density at radius 3 is 2.42 bits per heavy atom. The average Bonchev–Trinajstić information content (AvgIpc) is 2.92. The molecule has 1 aromatic heterocycles. The lowest BCUT2D eigenvalue weighted by atomic mass is 10.2. The maximum Gasteiger partial charge on any atom is 0.133 e. The fourth-order valence-corrected chi connectivity index (χ4v) is 3.21. The van der Waals surface area contributed by atoms with Crippen LogP contribution in [-0.2, 0) is 6.54 Å². The first-order chi connectivity index (χ1) is 11.6. The Labute approximate surface area is 141 Å². The van der Waals surface area contributed by atoms with E-state index in [-0.39, 0.29) is 5.82 Å². The van der Waals surface area contributed by atoms with Gasteiger partial charge in [0.1, 0.15) is 23.4 Å². The second-order valence-electron chi connectivity index (χ2n) is 6.05. The lowest BCUT2D eigenvalue weighted by Crippen LogP contribution is -2.47. The third-order valence-corrected chi connectivity index (χ3v) is 4.58. The van der Waals surface area contributed by atoms with E-state index >= 15 is 0 Å². The number of anilines is 2. The molecule has 0 bridgehead atoms. The third kappa shape index (κ3) is 3.22. The molecule has 0 aliphatic carbocycles. The second-order valence-corrected chi connectivity index (χ2v) is 6.05. The number of rotatable bonds is 4. The van der Waals surface area contributed by atoms with Crippen LogP contribution >= 0.6 is 0 Å². The highest BCUT2D eigenvalue weighted by Crippen LogP contribution is 2.29. The Balaban J connectivity index is 1.90. The number of nitriles is 1. The second kappa shape index (κ2) is 6.93. The van der Waals surface area contributed by atoms with E-state index in [0.29, 0.717) is 17.9 Å². The van der Waals surface area contributed by atoms with Crippen LogP contribution in [0.25, 0.3) is 0 Å². The Bertz CT molecular complexity index is 736. The van der Waals surface area contributed by atoms with Crippen LogP contribution in [0.1, 0.15) is 18.2 Å². The molecule has 0 unspecified atom stereocenters. The fraction of sp³-hybridized carbons (Fsp3) is 0.389. The molecule has 1 aliphatic heterocycles. The van der Waals surface area contributed by atoms with E-state index < -0.39 is 0 Å². The molecule has 24 heavy (non-hydrogen) atoms. The SMILES string of the molecule is CCN1CCN(c2c(N)cc(C#N)n2Cc2ccc(F)cc2)CC1. The summed E-state index contributed by atoms with van der Waals surface area (Å²) in [5.41, 5.74) is 8.30. The zero-order valence-electron chi connectivity index (χ0n) is 13.9. The molecular weight excluding hydrogens is 305 g/mol. The van der Waals surface area contributed by atoms with Crippen LogP contribution in [0.5, 0.6) is 0 Å². The van der Waals surface area contributed by atoms with E-state index in [0.717, 1.165) is 44.1 Å². The largest absolute Gasteiger partial charge is 0.396 e. The number of nitrogens with two attached hydrogens (primary N) is 1. The Kier molecular flexibility index (Phi) is 4.72. The summed E-state index contributed by atoms with van der Waals surface area (Å²) in [5.74, 6) is 0.633. The standard InChI is InChI=1S/C18H22FN5/c1-2-22-7-9-23(10-8-22)18-17(21)11-16(12-20)24(18)13-14-3-5-15(19)6-4-14/h3-6,11H,2,7-10,13,21H2,1H3. The van der Waals surface area contributed by atoms with Gasteiger partial charge in [0.25, 0.3) is 0 Å². The van der Waals surface area contributed by atoms with Gasteiger partial charge in [-0.25, -0.2) is 4.39 Å². The first kappa shape index (κ1) is 16.3. The van der Waals surface area contributed by atoms with Gasteiger partial charge in [-0.15, -0.1) is 0 Å². The van der Waals surface area contributed by atoms with E-state index in [1.807, 2.05) is 4.57 Å². The molecule has 1 aromatic carbocycles. The van der Waals surface area contributed by atoms with Crippen molar-refractivity contribution in [2.45, 2.75) is 13.5 Å². The monoisotopic (exact) mass is 327 g/mol. The van der Waals surface area contributed by atoms with Crippen molar-refractivity contribution in [3.8, 4) is 6.07 Å².